The van der Waals surface area contributed by atoms with E-state index in [9.17, 15) is 15.3 Å². The molecule has 0 aliphatic carbocycles. The molecule has 2 aromatic rings. The Labute approximate surface area is 105 Å². The summed E-state index contributed by atoms with van der Waals surface area (Å²) in [5, 5.41) is 28.9. The minimum atomic E-state index is -0.961. The third kappa shape index (κ3) is 2.90. The quantitative estimate of drug-likeness (QED) is 0.725. The zero-order valence-corrected chi connectivity index (χ0v) is 9.69. The molecular weight excluding hydrogens is 228 g/mol. The summed E-state index contributed by atoms with van der Waals surface area (Å²) < 4.78 is 0. The lowest BCUT2D eigenvalue weighted by molar-refractivity contribution is 0.224. The van der Waals surface area contributed by atoms with Crippen molar-refractivity contribution in [3.63, 3.8) is 0 Å². The van der Waals surface area contributed by atoms with Crippen LogP contribution < -0.4 is 0 Å². The van der Waals surface area contributed by atoms with E-state index >= 15 is 0 Å². The fourth-order valence-electron chi connectivity index (χ4n) is 1.65. The van der Waals surface area contributed by atoms with E-state index in [0.717, 1.165) is 5.56 Å². The van der Waals surface area contributed by atoms with Gasteiger partial charge in [-0.25, -0.2) is 0 Å². The van der Waals surface area contributed by atoms with Crippen LogP contribution in [0.5, 0.6) is 11.5 Å². The van der Waals surface area contributed by atoms with Crippen molar-refractivity contribution in [1.29, 1.82) is 0 Å². The first-order valence-electron chi connectivity index (χ1n) is 5.60. The van der Waals surface area contributed by atoms with Crippen molar-refractivity contribution in [2.24, 2.45) is 0 Å². The van der Waals surface area contributed by atoms with Gasteiger partial charge in [0.25, 0.3) is 0 Å². The first-order chi connectivity index (χ1) is 8.66. The molecule has 92 valence electrons. The lowest BCUT2D eigenvalue weighted by atomic mass is 10.1. The molecule has 1 atom stereocenters. The van der Waals surface area contributed by atoms with Gasteiger partial charge in [0.15, 0.2) is 0 Å². The Balaban J connectivity index is 2.19. The molecule has 3 N–H and O–H groups in total. The molecule has 1 unspecified atom stereocenters. The van der Waals surface area contributed by atoms with Crippen LogP contribution in [0.3, 0.4) is 0 Å². The summed E-state index contributed by atoms with van der Waals surface area (Å²) in [7, 11) is 0. The molecule has 3 nitrogen and oxygen atoms in total. The Morgan fingerprint density at radius 2 is 1.67 bits per heavy atom. The van der Waals surface area contributed by atoms with E-state index in [1.807, 2.05) is 30.3 Å². The molecule has 0 spiro atoms. The minimum Gasteiger partial charge on any atom is -0.508 e. The Morgan fingerprint density at radius 3 is 2.39 bits per heavy atom. The topological polar surface area (TPSA) is 60.7 Å². The van der Waals surface area contributed by atoms with Gasteiger partial charge in [-0.3, -0.25) is 0 Å². The number of aromatic hydroxyl groups is 2. The van der Waals surface area contributed by atoms with Crippen molar-refractivity contribution in [3.8, 4) is 11.5 Å². The average molecular weight is 242 g/mol. The molecule has 0 saturated heterocycles. The first kappa shape index (κ1) is 12.2. The maximum atomic E-state index is 9.93. The lowest BCUT2D eigenvalue weighted by Gasteiger charge is -2.08. The number of hydrogen-bond donors (Lipinski definition) is 3. The highest BCUT2D eigenvalue weighted by molar-refractivity contribution is 5.51. The van der Waals surface area contributed by atoms with Gasteiger partial charge in [0.05, 0.1) is 0 Å². The van der Waals surface area contributed by atoms with Crippen LogP contribution in [-0.2, 0) is 0 Å². The van der Waals surface area contributed by atoms with E-state index in [-0.39, 0.29) is 17.1 Å². The average Bonchev–Trinajstić information content (AvgIpc) is 2.40. The highest BCUT2D eigenvalue weighted by Crippen LogP contribution is 2.28. The van der Waals surface area contributed by atoms with E-state index < -0.39 is 6.10 Å². The normalized spacial score (nSPS) is 12.7. The number of phenolic OH excluding ortho intramolecular Hbond substituents is 2. The summed E-state index contributed by atoms with van der Waals surface area (Å²) in [5.74, 6) is -0.0343. The standard InChI is InChI=1S/C15H14O3/c16-12-7-9-15(18)13(10-12)14(17)8-6-11-4-2-1-3-5-11/h1-10,14,16-18H/b8-6+. The predicted molar refractivity (Wildman–Crippen MR) is 70.2 cm³/mol. The summed E-state index contributed by atoms with van der Waals surface area (Å²) in [6.07, 6.45) is 2.36. The number of benzene rings is 2. The van der Waals surface area contributed by atoms with Gasteiger partial charge in [-0.05, 0) is 23.8 Å². The van der Waals surface area contributed by atoms with Crippen LogP contribution in [-0.4, -0.2) is 15.3 Å². The van der Waals surface area contributed by atoms with Gasteiger partial charge in [0.1, 0.15) is 17.6 Å². The molecule has 2 aromatic carbocycles. The molecule has 0 fully saturated rings. The lowest BCUT2D eigenvalue weighted by Crippen LogP contribution is -1.93. The molecule has 2 rings (SSSR count). The third-order valence-electron chi connectivity index (χ3n) is 2.60. The van der Waals surface area contributed by atoms with E-state index in [2.05, 4.69) is 0 Å². The third-order valence-corrected chi connectivity index (χ3v) is 2.60. The van der Waals surface area contributed by atoms with Crippen molar-refractivity contribution in [2.75, 3.05) is 0 Å². The number of aliphatic hydroxyl groups excluding tert-OH is 1. The zero-order valence-electron chi connectivity index (χ0n) is 9.69. The molecule has 0 amide bonds. The molecule has 18 heavy (non-hydrogen) atoms. The summed E-state index contributed by atoms with van der Waals surface area (Å²) in [6, 6.07) is 13.6. The molecule has 0 aliphatic heterocycles. The van der Waals surface area contributed by atoms with Crippen LogP contribution in [0.15, 0.2) is 54.6 Å². The zero-order chi connectivity index (χ0) is 13.0. The molecule has 0 saturated carbocycles. The van der Waals surface area contributed by atoms with Gasteiger partial charge in [-0.15, -0.1) is 0 Å². The van der Waals surface area contributed by atoms with Crippen LogP contribution in [0.1, 0.15) is 17.2 Å². The molecule has 0 heterocycles. The first-order valence-corrected chi connectivity index (χ1v) is 5.60. The molecule has 0 radical (unpaired) electrons. The van der Waals surface area contributed by atoms with E-state index in [1.54, 1.807) is 12.2 Å². The number of aliphatic hydroxyl groups is 1. The summed E-state index contributed by atoms with van der Waals surface area (Å²) in [5.41, 5.74) is 1.23. The highest BCUT2D eigenvalue weighted by atomic mass is 16.3. The molecule has 0 aliphatic rings. The second kappa shape index (κ2) is 5.38. The van der Waals surface area contributed by atoms with Gasteiger partial charge in [0.2, 0.25) is 0 Å². The van der Waals surface area contributed by atoms with E-state index in [1.165, 1.54) is 18.2 Å². The van der Waals surface area contributed by atoms with Gasteiger partial charge < -0.3 is 15.3 Å². The fourth-order valence-corrected chi connectivity index (χ4v) is 1.65. The van der Waals surface area contributed by atoms with Crippen LogP contribution in [0.4, 0.5) is 0 Å². The van der Waals surface area contributed by atoms with Crippen molar-refractivity contribution >= 4 is 6.08 Å². The predicted octanol–water partition coefficient (Wildman–Crippen LogP) is 2.84. The summed E-state index contributed by atoms with van der Waals surface area (Å²) in [4.78, 5) is 0. The highest BCUT2D eigenvalue weighted by Gasteiger charge is 2.09. The Morgan fingerprint density at radius 1 is 0.944 bits per heavy atom. The summed E-state index contributed by atoms with van der Waals surface area (Å²) >= 11 is 0. The Bertz CT molecular complexity index is 547. The Hall–Kier alpha value is -2.26. The monoisotopic (exact) mass is 242 g/mol. The molecular formula is C15H14O3. The van der Waals surface area contributed by atoms with Crippen molar-refractivity contribution in [2.45, 2.75) is 6.10 Å². The van der Waals surface area contributed by atoms with Crippen molar-refractivity contribution in [3.05, 3.63) is 65.7 Å². The molecule has 0 aromatic heterocycles. The number of phenols is 2. The van der Waals surface area contributed by atoms with Crippen LogP contribution in [0.2, 0.25) is 0 Å². The van der Waals surface area contributed by atoms with Gasteiger partial charge in [-0.2, -0.15) is 0 Å². The van der Waals surface area contributed by atoms with Crippen LogP contribution in [0.25, 0.3) is 6.08 Å². The van der Waals surface area contributed by atoms with Crippen LogP contribution in [0, 0.1) is 0 Å². The number of rotatable bonds is 3. The molecule has 0 bridgehead atoms. The van der Waals surface area contributed by atoms with Crippen LogP contribution >= 0.6 is 0 Å². The number of hydrogen-bond acceptors (Lipinski definition) is 3. The minimum absolute atomic E-state index is 0.00922. The maximum absolute atomic E-state index is 9.93. The van der Waals surface area contributed by atoms with Crippen molar-refractivity contribution in [1.82, 2.24) is 0 Å². The maximum Gasteiger partial charge on any atom is 0.121 e. The van der Waals surface area contributed by atoms with Gasteiger partial charge in [-0.1, -0.05) is 42.5 Å². The second-order valence-electron chi connectivity index (χ2n) is 3.96. The molecule has 3 heteroatoms. The van der Waals surface area contributed by atoms with Gasteiger partial charge in [0, 0.05) is 5.56 Å². The van der Waals surface area contributed by atoms with Crippen molar-refractivity contribution < 1.29 is 15.3 Å². The largest absolute Gasteiger partial charge is 0.508 e. The summed E-state index contributed by atoms with van der Waals surface area (Å²) in [6.45, 7) is 0. The van der Waals surface area contributed by atoms with E-state index in [0.29, 0.717) is 0 Å². The second-order valence-corrected chi connectivity index (χ2v) is 3.96. The van der Waals surface area contributed by atoms with Gasteiger partial charge >= 0.3 is 0 Å². The fraction of sp³-hybridized carbons (Fsp3) is 0.0667. The van der Waals surface area contributed by atoms with E-state index in [4.69, 9.17) is 0 Å². The Kier molecular flexibility index (Phi) is 3.65. The smallest absolute Gasteiger partial charge is 0.121 e. The SMILES string of the molecule is Oc1ccc(O)c(C(O)/C=C/c2ccccc2)c1.